The number of nitrogens with zero attached hydrogens (tertiary/aromatic N) is 2. The minimum atomic E-state index is 0.0524. The molecule has 2 fully saturated rings. The van der Waals surface area contributed by atoms with Crippen LogP contribution in [0.25, 0.3) is 0 Å². The zero-order valence-electron chi connectivity index (χ0n) is 14.7. The number of likely N-dealkylation sites (tertiary alicyclic amines) is 2. The van der Waals surface area contributed by atoms with E-state index in [1.54, 1.807) is 0 Å². The van der Waals surface area contributed by atoms with E-state index in [2.05, 4.69) is 10.2 Å². The van der Waals surface area contributed by atoms with E-state index >= 15 is 0 Å². The molecule has 2 amide bonds. The highest BCUT2D eigenvalue weighted by atomic mass is 16.6. The van der Waals surface area contributed by atoms with Crippen LogP contribution in [0.4, 0.5) is 4.79 Å². The van der Waals surface area contributed by atoms with Crippen molar-refractivity contribution in [3.8, 4) is 11.5 Å². The molecule has 136 valence electrons. The molecule has 0 saturated carbocycles. The standard InChI is InChI=1S/C19H27N3O3/c23-19(22-9-3-4-16(22)14-21-7-1-2-8-21)20-13-15-5-6-17-18(12-15)25-11-10-24-17/h5-6,12,16H,1-4,7-11,13-14H2,(H,20,23). The molecule has 0 aliphatic carbocycles. The monoisotopic (exact) mass is 345 g/mol. The molecule has 3 aliphatic heterocycles. The Bertz CT molecular complexity index is 616. The van der Waals surface area contributed by atoms with Gasteiger partial charge in [-0.05, 0) is 56.5 Å². The Morgan fingerprint density at radius 2 is 1.88 bits per heavy atom. The van der Waals surface area contributed by atoms with Crippen LogP contribution in [0.2, 0.25) is 0 Å². The quantitative estimate of drug-likeness (QED) is 0.909. The number of carbonyl (C=O) groups is 1. The first-order valence-electron chi connectivity index (χ1n) is 9.45. The first-order valence-corrected chi connectivity index (χ1v) is 9.45. The first kappa shape index (κ1) is 16.5. The van der Waals surface area contributed by atoms with Gasteiger partial charge in [0.1, 0.15) is 13.2 Å². The lowest BCUT2D eigenvalue weighted by molar-refractivity contribution is 0.171. The summed E-state index contributed by atoms with van der Waals surface area (Å²) in [6.45, 7) is 5.95. The van der Waals surface area contributed by atoms with Crippen LogP contribution >= 0.6 is 0 Å². The third-order valence-corrected chi connectivity index (χ3v) is 5.36. The molecule has 1 aromatic rings. The van der Waals surface area contributed by atoms with Crippen LogP contribution in [-0.2, 0) is 6.54 Å². The number of hydrogen-bond donors (Lipinski definition) is 1. The topological polar surface area (TPSA) is 54.0 Å². The number of rotatable bonds is 4. The Kier molecular flexibility index (Phi) is 4.97. The number of fused-ring (bicyclic) bond motifs is 1. The summed E-state index contributed by atoms with van der Waals surface area (Å²) in [4.78, 5) is 17.2. The molecule has 0 aromatic heterocycles. The number of hydrogen-bond acceptors (Lipinski definition) is 4. The lowest BCUT2D eigenvalue weighted by Crippen LogP contribution is -2.46. The Morgan fingerprint density at radius 3 is 2.72 bits per heavy atom. The van der Waals surface area contributed by atoms with Gasteiger partial charge in [0.05, 0.1) is 0 Å². The Labute approximate surface area is 149 Å². The molecule has 1 atom stereocenters. The third-order valence-electron chi connectivity index (χ3n) is 5.36. The van der Waals surface area contributed by atoms with E-state index < -0.39 is 0 Å². The summed E-state index contributed by atoms with van der Waals surface area (Å²) in [7, 11) is 0. The molecule has 3 aliphatic rings. The fourth-order valence-corrected chi connectivity index (χ4v) is 4.03. The maximum atomic E-state index is 12.6. The van der Waals surface area contributed by atoms with Crippen LogP contribution < -0.4 is 14.8 Å². The van der Waals surface area contributed by atoms with Gasteiger partial charge in [0, 0.05) is 25.7 Å². The SMILES string of the molecule is O=C(NCc1ccc2c(c1)OCCO2)N1CCCC1CN1CCCC1. The normalized spacial score (nSPS) is 23.0. The van der Waals surface area contributed by atoms with Gasteiger partial charge in [0.25, 0.3) is 0 Å². The van der Waals surface area contributed by atoms with Crippen molar-refractivity contribution in [2.45, 2.75) is 38.3 Å². The number of benzene rings is 1. The van der Waals surface area contributed by atoms with Crippen LogP contribution in [0, 0.1) is 0 Å². The van der Waals surface area contributed by atoms with E-state index in [1.165, 1.54) is 25.9 Å². The average molecular weight is 345 g/mol. The van der Waals surface area contributed by atoms with Crippen molar-refractivity contribution < 1.29 is 14.3 Å². The predicted molar refractivity (Wildman–Crippen MR) is 95.1 cm³/mol. The maximum absolute atomic E-state index is 12.6. The summed E-state index contributed by atoms with van der Waals surface area (Å²) in [6.07, 6.45) is 4.82. The van der Waals surface area contributed by atoms with Gasteiger partial charge in [-0.15, -0.1) is 0 Å². The van der Waals surface area contributed by atoms with Gasteiger partial charge in [0.15, 0.2) is 11.5 Å². The van der Waals surface area contributed by atoms with Gasteiger partial charge in [0.2, 0.25) is 0 Å². The van der Waals surface area contributed by atoms with Gasteiger partial charge >= 0.3 is 6.03 Å². The fourth-order valence-electron chi connectivity index (χ4n) is 4.03. The molecule has 0 bridgehead atoms. The second kappa shape index (κ2) is 7.52. The smallest absolute Gasteiger partial charge is 0.317 e. The van der Waals surface area contributed by atoms with E-state index in [-0.39, 0.29) is 6.03 Å². The lowest BCUT2D eigenvalue weighted by atomic mass is 10.2. The minimum Gasteiger partial charge on any atom is -0.486 e. The number of nitrogens with one attached hydrogen (secondary N) is 1. The van der Waals surface area contributed by atoms with Crippen molar-refractivity contribution in [1.29, 1.82) is 0 Å². The lowest BCUT2D eigenvalue weighted by Gasteiger charge is -2.28. The predicted octanol–water partition coefficient (Wildman–Crippen LogP) is 2.23. The zero-order valence-corrected chi connectivity index (χ0v) is 14.7. The van der Waals surface area contributed by atoms with Crippen LogP contribution in [0.15, 0.2) is 18.2 Å². The highest BCUT2D eigenvalue weighted by molar-refractivity contribution is 5.75. The largest absolute Gasteiger partial charge is 0.486 e. The van der Waals surface area contributed by atoms with Crippen molar-refractivity contribution in [3.05, 3.63) is 23.8 Å². The highest BCUT2D eigenvalue weighted by Gasteiger charge is 2.30. The van der Waals surface area contributed by atoms with E-state index in [4.69, 9.17) is 9.47 Å². The Balaban J connectivity index is 1.32. The summed E-state index contributed by atoms with van der Waals surface area (Å²) in [5.74, 6) is 1.55. The van der Waals surface area contributed by atoms with Gasteiger partial charge in [-0.1, -0.05) is 6.07 Å². The van der Waals surface area contributed by atoms with Crippen molar-refractivity contribution >= 4 is 6.03 Å². The summed E-state index contributed by atoms with van der Waals surface area (Å²) >= 11 is 0. The minimum absolute atomic E-state index is 0.0524. The molecule has 2 saturated heterocycles. The third kappa shape index (κ3) is 3.84. The molecule has 1 unspecified atom stereocenters. The van der Waals surface area contributed by atoms with Gasteiger partial charge < -0.3 is 24.6 Å². The molecule has 1 N–H and O–H groups in total. The molecule has 1 aromatic carbocycles. The summed E-state index contributed by atoms with van der Waals surface area (Å²) in [5.41, 5.74) is 1.04. The molecule has 0 spiro atoms. The summed E-state index contributed by atoms with van der Waals surface area (Å²) in [6, 6.07) is 6.28. The molecular formula is C19H27N3O3. The summed E-state index contributed by atoms with van der Waals surface area (Å²) in [5, 5.41) is 3.07. The van der Waals surface area contributed by atoms with Gasteiger partial charge in [-0.3, -0.25) is 0 Å². The highest BCUT2D eigenvalue weighted by Crippen LogP contribution is 2.30. The molecular weight excluding hydrogens is 318 g/mol. The molecule has 0 radical (unpaired) electrons. The van der Waals surface area contributed by atoms with E-state index in [0.717, 1.165) is 43.0 Å². The van der Waals surface area contributed by atoms with Crippen molar-refractivity contribution in [2.75, 3.05) is 39.4 Å². The van der Waals surface area contributed by atoms with Crippen molar-refractivity contribution in [2.24, 2.45) is 0 Å². The Hall–Kier alpha value is -1.95. The fraction of sp³-hybridized carbons (Fsp3) is 0.632. The van der Waals surface area contributed by atoms with Crippen molar-refractivity contribution in [1.82, 2.24) is 15.1 Å². The van der Waals surface area contributed by atoms with E-state index in [0.29, 0.717) is 25.8 Å². The molecule has 4 rings (SSSR count). The summed E-state index contributed by atoms with van der Waals surface area (Å²) < 4.78 is 11.1. The first-order chi connectivity index (χ1) is 12.3. The van der Waals surface area contributed by atoms with Crippen LogP contribution in [0.5, 0.6) is 11.5 Å². The van der Waals surface area contributed by atoms with E-state index in [1.807, 2.05) is 23.1 Å². The number of urea groups is 1. The van der Waals surface area contributed by atoms with Crippen molar-refractivity contribution in [3.63, 3.8) is 0 Å². The van der Waals surface area contributed by atoms with Gasteiger partial charge in [-0.2, -0.15) is 0 Å². The zero-order chi connectivity index (χ0) is 17.1. The molecule has 25 heavy (non-hydrogen) atoms. The molecule has 3 heterocycles. The molecule has 6 heteroatoms. The second-order valence-corrected chi connectivity index (χ2v) is 7.13. The average Bonchev–Trinajstić information content (AvgIpc) is 3.32. The van der Waals surface area contributed by atoms with Gasteiger partial charge in [-0.25, -0.2) is 4.79 Å². The number of ether oxygens (including phenoxy) is 2. The Morgan fingerprint density at radius 1 is 1.08 bits per heavy atom. The van der Waals surface area contributed by atoms with Crippen LogP contribution in [-0.4, -0.2) is 61.3 Å². The second-order valence-electron chi connectivity index (χ2n) is 7.13. The van der Waals surface area contributed by atoms with Crippen LogP contribution in [0.3, 0.4) is 0 Å². The van der Waals surface area contributed by atoms with E-state index in [9.17, 15) is 4.79 Å². The maximum Gasteiger partial charge on any atom is 0.317 e. The number of carbonyl (C=O) groups excluding carboxylic acids is 1. The van der Waals surface area contributed by atoms with Crippen LogP contribution in [0.1, 0.15) is 31.2 Å². The number of amides is 2. The molecule has 6 nitrogen and oxygen atoms in total.